The first-order valence-electron chi connectivity index (χ1n) is 10.7. The van der Waals surface area contributed by atoms with Gasteiger partial charge in [-0.05, 0) is 43.9 Å². The summed E-state index contributed by atoms with van der Waals surface area (Å²) in [5.74, 6) is 1.26. The van der Waals surface area contributed by atoms with Gasteiger partial charge >= 0.3 is 0 Å². The lowest BCUT2D eigenvalue weighted by Gasteiger charge is -2.21. The van der Waals surface area contributed by atoms with Gasteiger partial charge in [-0.25, -0.2) is 13.4 Å². The van der Waals surface area contributed by atoms with Crippen LogP contribution < -0.4 is 18.9 Å². The molecule has 12 heteroatoms. The Bertz CT molecular complexity index is 1250. The van der Waals surface area contributed by atoms with E-state index in [-0.39, 0.29) is 17.7 Å². The minimum atomic E-state index is -4.02. The molecule has 0 radical (unpaired) electrons. The molecule has 2 aromatic heterocycles. The van der Waals surface area contributed by atoms with Crippen LogP contribution in [-0.2, 0) is 10.0 Å². The number of hydrogen-bond acceptors (Lipinski definition) is 9. The average molecular weight is 490 g/mol. The van der Waals surface area contributed by atoms with E-state index >= 15 is 0 Å². The summed E-state index contributed by atoms with van der Waals surface area (Å²) in [5.41, 5.74) is 0.765. The van der Waals surface area contributed by atoms with E-state index < -0.39 is 21.4 Å². The Balaban J connectivity index is 1.88. The lowest BCUT2D eigenvalue weighted by molar-refractivity contribution is 0.150. The molecule has 0 saturated heterocycles. The Labute approximate surface area is 197 Å². The van der Waals surface area contributed by atoms with E-state index in [0.717, 1.165) is 12.8 Å². The zero-order valence-electron chi connectivity index (χ0n) is 19.3. The topological polar surface area (TPSA) is 138 Å². The van der Waals surface area contributed by atoms with Crippen LogP contribution in [0.15, 0.2) is 36.4 Å². The highest BCUT2D eigenvalue weighted by atomic mass is 32.2. The molecule has 2 heterocycles. The summed E-state index contributed by atoms with van der Waals surface area (Å²) in [5, 5.41) is 17.7. The van der Waals surface area contributed by atoms with Crippen LogP contribution in [0.1, 0.15) is 19.8 Å². The third kappa shape index (κ3) is 4.50. The van der Waals surface area contributed by atoms with Crippen molar-refractivity contribution in [2.75, 3.05) is 26.1 Å². The van der Waals surface area contributed by atoms with E-state index in [1.807, 2.05) is 0 Å². The van der Waals surface area contributed by atoms with Gasteiger partial charge in [-0.1, -0.05) is 12.1 Å². The molecule has 1 aliphatic rings. The van der Waals surface area contributed by atoms with Crippen molar-refractivity contribution in [1.82, 2.24) is 19.7 Å². The van der Waals surface area contributed by atoms with Crippen molar-refractivity contribution in [2.24, 2.45) is 5.92 Å². The van der Waals surface area contributed by atoms with Crippen molar-refractivity contribution < 1.29 is 27.7 Å². The van der Waals surface area contributed by atoms with E-state index in [2.05, 4.69) is 19.9 Å². The largest absolute Gasteiger partial charge is 0.494 e. The van der Waals surface area contributed by atoms with Gasteiger partial charge in [-0.15, -0.1) is 10.2 Å². The minimum Gasteiger partial charge on any atom is -0.494 e. The molecule has 2 N–H and O–H groups in total. The van der Waals surface area contributed by atoms with Gasteiger partial charge in [0, 0.05) is 6.07 Å². The van der Waals surface area contributed by atoms with Crippen molar-refractivity contribution in [1.29, 1.82) is 0 Å². The molecule has 1 aromatic carbocycles. The van der Waals surface area contributed by atoms with Gasteiger partial charge in [0.25, 0.3) is 0 Å². The van der Waals surface area contributed by atoms with E-state index in [4.69, 9.17) is 14.2 Å². The maximum Gasteiger partial charge on any atom is 0.243 e. The molecule has 1 fully saturated rings. The van der Waals surface area contributed by atoms with Crippen molar-refractivity contribution in [3.05, 3.63) is 36.4 Å². The number of aliphatic hydroxyl groups is 1. The van der Waals surface area contributed by atoms with Gasteiger partial charge in [0.05, 0.1) is 27.4 Å². The number of methoxy groups -OCH3 is 3. The highest BCUT2D eigenvalue weighted by molar-refractivity contribution is 7.93. The van der Waals surface area contributed by atoms with E-state index in [9.17, 15) is 13.5 Å². The van der Waals surface area contributed by atoms with Crippen molar-refractivity contribution in [3.8, 4) is 34.6 Å². The van der Waals surface area contributed by atoms with Gasteiger partial charge in [0.15, 0.2) is 5.82 Å². The quantitative estimate of drug-likeness (QED) is 0.439. The molecule has 0 bridgehead atoms. The average Bonchev–Trinajstić information content (AvgIpc) is 3.63. The van der Waals surface area contributed by atoms with Gasteiger partial charge in [-0.2, -0.15) is 0 Å². The third-order valence-electron chi connectivity index (χ3n) is 5.76. The molecule has 1 saturated carbocycles. The first-order chi connectivity index (χ1) is 16.3. The lowest BCUT2D eigenvalue weighted by Crippen LogP contribution is -2.37. The van der Waals surface area contributed by atoms with Crippen LogP contribution in [0.3, 0.4) is 0 Å². The number of anilines is 1. The minimum absolute atomic E-state index is 0.0182. The number of aliphatic hydroxyl groups excluding tert-OH is 1. The summed E-state index contributed by atoms with van der Waals surface area (Å²) in [4.78, 5) is 4.42. The number of pyridine rings is 1. The number of ether oxygens (including phenoxy) is 3. The van der Waals surface area contributed by atoms with E-state index in [0.29, 0.717) is 28.8 Å². The molecule has 34 heavy (non-hydrogen) atoms. The SMILES string of the molecule is COc1cccc(-c2nnc(NS(=O)(=O)[C@@H](C)C(O)C3CC3)n2-c2c(OC)cccc2OC)n1. The number of benzene rings is 1. The first-order valence-corrected chi connectivity index (χ1v) is 12.2. The standard InChI is InChI=1S/C22H27N5O6S/c1-13(20(28)14-11-12-14)34(29,30)26-22-25-24-21(15-7-5-10-18(23-15)33-4)27(22)19-16(31-2)8-6-9-17(19)32-3/h5-10,13-14,20,28H,11-12H2,1-4H3,(H,25,26)/t13-,20?/m0/s1. The molecular weight excluding hydrogens is 462 g/mol. The van der Waals surface area contributed by atoms with E-state index in [1.54, 1.807) is 36.4 Å². The molecule has 3 aromatic rings. The Kier molecular flexibility index (Phi) is 6.62. The maximum atomic E-state index is 13.2. The lowest BCUT2D eigenvalue weighted by atomic mass is 10.2. The molecule has 0 amide bonds. The number of rotatable bonds is 10. The maximum absolute atomic E-state index is 13.2. The van der Waals surface area contributed by atoms with Crippen LogP contribution in [-0.4, -0.2) is 66.0 Å². The summed E-state index contributed by atoms with van der Waals surface area (Å²) in [6.07, 6.45) is 0.636. The molecule has 1 unspecified atom stereocenters. The van der Waals surface area contributed by atoms with Gasteiger partial charge in [0.1, 0.15) is 28.1 Å². The smallest absolute Gasteiger partial charge is 0.243 e. The highest BCUT2D eigenvalue weighted by Crippen LogP contribution is 2.39. The second kappa shape index (κ2) is 9.47. The van der Waals surface area contributed by atoms with Crippen molar-refractivity contribution in [2.45, 2.75) is 31.1 Å². The summed E-state index contributed by atoms with van der Waals surface area (Å²) < 4.78 is 46.6. The Morgan fingerprint density at radius 2 is 1.68 bits per heavy atom. The number of para-hydroxylation sites is 1. The molecule has 0 spiro atoms. The second-order valence-corrected chi connectivity index (χ2v) is 9.98. The van der Waals surface area contributed by atoms with Gasteiger partial charge in [-0.3, -0.25) is 9.29 Å². The Hall–Kier alpha value is -3.38. The van der Waals surface area contributed by atoms with Crippen molar-refractivity contribution >= 4 is 16.0 Å². The number of sulfonamides is 1. The number of hydrogen-bond donors (Lipinski definition) is 2. The molecule has 1 aliphatic carbocycles. The fourth-order valence-corrected chi connectivity index (χ4v) is 4.82. The van der Waals surface area contributed by atoms with Gasteiger partial charge in [0.2, 0.25) is 21.9 Å². The third-order valence-corrected chi connectivity index (χ3v) is 7.48. The molecule has 4 rings (SSSR count). The number of nitrogens with zero attached hydrogens (tertiary/aromatic N) is 4. The van der Waals surface area contributed by atoms with Crippen LogP contribution in [0.4, 0.5) is 5.95 Å². The first kappa shape index (κ1) is 23.8. The summed E-state index contributed by atoms with van der Waals surface area (Å²) in [6, 6.07) is 10.3. The number of nitrogens with one attached hydrogen (secondary N) is 1. The van der Waals surface area contributed by atoms with E-state index in [1.165, 1.54) is 32.8 Å². The molecule has 2 atom stereocenters. The predicted octanol–water partition coefficient (Wildman–Crippen LogP) is 2.26. The molecule has 11 nitrogen and oxygen atoms in total. The highest BCUT2D eigenvalue weighted by Gasteiger charge is 2.40. The molecular formula is C22H27N5O6S. The summed E-state index contributed by atoms with van der Waals surface area (Å²) in [7, 11) is 0.453. The molecule has 182 valence electrons. The monoisotopic (exact) mass is 489 g/mol. The fourth-order valence-electron chi connectivity index (χ4n) is 3.66. The Morgan fingerprint density at radius 1 is 1.03 bits per heavy atom. The number of aromatic nitrogens is 4. The Morgan fingerprint density at radius 3 is 2.26 bits per heavy atom. The van der Waals surface area contributed by atoms with Crippen LogP contribution >= 0.6 is 0 Å². The van der Waals surface area contributed by atoms with Crippen molar-refractivity contribution in [3.63, 3.8) is 0 Å². The van der Waals surface area contributed by atoms with Crippen LogP contribution in [0.2, 0.25) is 0 Å². The zero-order valence-corrected chi connectivity index (χ0v) is 20.1. The summed E-state index contributed by atoms with van der Waals surface area (Å²) >= 11 is 0. The fraction of sp³-hybridized carbons (Fsp3) is 0.409. The van der Waals surface area contributed by atoms with Crippen LogP contribution in [0.5, 0.6) is 17.4 Å². The predicted molar refractivity (Wildman–Crippen MR) is 125 cm³/mol. The molecule has 0 aliphatic heterocycles. The van der Waals surface area contributed by atoms with Crippen LogP contribution in [0.25, 0.3) is 17.2 Å². The second-order valence-electron chi connectivity index (χ2n) is 7.94. The normalized spacial score (nSPS) is 15.4. The van der Waals surface area contributed by atoms with Crippen LogP contribution in [0, 0.1) is 5.92 Å². The van der Waals surface area contributed by atoms with Gasteiger partial charge < -0.3 is 19.3 Å². The zero-order chi connectivity index (χ0) is 24.5. The summed E-state index contributed by atoms with van der Waals surface area (Å²) in [6.45, 7) is 1.47.